The van der Waals surface area contributed by atoms with Gasteiger partial charge in [0.2, 0.25) is 5.91 Å². The number of nitrogens with zero attached hydrogens (tertiary/aromatic N) is 3. The number of aromatic nitrogens is 1. The second kappa shape index (κ2) is 11.8. The Morgan fingerprint density at radius 2 is 1.77 bits per heavy atom. The van der Waals surface area contributed by atoms with Gasteiger partial charge in [-0.25, -0.2) is 4.98 Å². The number of benzene rings is 2. The van der Waals surface area contributed by atoms with E-state index in [9.17, 15) is 9.59 Å². The largest absolute Gasteiger partial charge is 0.379 e. The lowest BCUT2D eigenvalue weighted by atomic mass is 10.0. The molecule has 1 saturated heterocycles. The normalized spacial score (nSPS) is 13.9. The minimum atomic E-state index is -0.127. The predicted octanol–water partition coefficient (Wildman–Crippen LogP) is 3.67. The summed E-state index contributed by atoms with van der Waals surface area (Å²) in [5.74, 6) is 0.852. The van der Waals surface area contributed by atoms with Crippen LogP contribution in [0.3, 0.4) is 0 Å². The Hall–Kier alpha value is -3.45. The van der Waals surface area contributed by atoms with Gasteiger partial charge >= 0.3 is 0 Å². The highest BCUT2D eigenvalue weighted by molar-refractivity contribution is 5.94. The Balaban J connectivity index is 1.23. The van der Waals surface area contributed by atoms with Crippen LogP contribution >= 0.6 is 0 Å². The summed E-state index contributed by atoms with van der Waals surface area (Å²) in [4.78, 5) is 33.8. The Morgan fingerprint density at radius 1 is 1.00 bits per heavy atom. The highest BCUT2D eigenvalue weighted by Gasteiger charge is 2.22. The summed E-state index contributed by atoms with van der Waals surface area (Å²) >= 11 is 0. The second-order valence-electron chi connectivity index (χ2n) is 9.16. The van der Waals surface area contributed by atoms with Crippen LogP contribution in [0.25, 0.3) is 10.8 Å². The van der Waals surface area contributed by atoms with Gasteiger partial charge in [0.05, 0.1) is 18.1 Å². The average Bonchev–Trinajstić information content (AvgIpc) is 2.88. The van der Waals surface area contributed by atoms with E-state index in [2.05, 4.69) is 39.5 Å². The quantitative estimate of drug-likeness (QED) is 0.479. The van der Waals surface area contributed by atoms with E-state index in [4.69, 9.17) is 4.74 Å². The minimum absolute atomic E-state index is 0.127. The second-order valence-corrected chi connectivity index (χ2v) is 9.16. The van der Waals surface area contributed by atoms with Crippen LogP contribution in [0.2, 0.25) is 0 Å². The number of hydrogen-bond acceptors (Lipinski definition) is 5. The zero-order valence-electron chi connectivity index (χ0n) is 20.6. The number of carbonyl (C=O) groups excluding carboxylic acids is 2. The van der Waals surface area contributed by atoms with E-state index in [1.165, 1.54) is 5.39 Å². The number of rotatable bonds is 9. The van der Waals surface area contributed by atoms with E-state index in [-0.39, 0.29) is 17.9 Å². The van der Waals surface area contributed by atoms with Crippen molar-refractivity contribution in [3.63, 3.8) is 0 Å². The van der Waals surface area contributed by atoms with Gasteiger partial charge < -0.3 is 19.9 Å². The summed E-state index contributed by atoms with van der Waals surface area (Å²) < 4.78 is 5.49. The molecule has 1 aliphatic heterocycles. The van der Waals surface area contributed by atoms with Crippen LogP contribution in [0, 0.1) is 0 Å². The van der Waals surface area contributed by atoms with Crippen molar-refractivity contribution in [2.45, 2.75) is 32.8 Å². The first kappa shape index (κ1) is 24.7. The third-order valence-electron chi connectivity index (χ3n) is 6.19. The van der Waals surface area contributed by atoms with Gasteiger partial charge in [0, 0.05) is 45.5 Å². The number of piperazine rings is 1. The molecule has 0 spiro atoms. The Labute approximate surface area is 207 Å². The highest BCUT2D eigenvalue weighted by Crippen LogP contribution is 2.18. The van der Waals surface area contributed by atoms with E-state index in [0.717, 1.165) is 36.3 Å². The van der Waals surface area contributed by atoms with Gasteiger partial charge in [-0.15, -0.1) is 0 Å². The first-order valence-electron chi connectivity index (χ1n) is 12.4. The third-order valence-corrected chi connectivity index (χ3v) is 6.19. The Morgan fingerprint density at radius 3 is 2.49 bits per heavy atom. The molecule has 3 aromatic rings. The van der Waals surface area contributed by atoms with E-state index in [1.54, 1.807) is 12.3 Å². The smallest absolute Gasteiger partial charge is 0.252 e. The van der Waals surface area contributed by atoms with Gasteiger partial charge in [0.15, 0.2) is 0 Å². The van der Waals surface area contributed by atoms with Gasteiger partial charge in [0.25, 0.3) is 5.91 Å². The molecule has 2 heterocycles. The van der Waals surface area contributed by atoms with Gasteiger partial charge in [0.1, 0.15) is 5.82 Å². The molecule has 184 valence electrons. The molecule has 1 aromatic heterocycles. The molecular weight excluding hydrogens is 440 g/mol. The molecule has 0 saturated carbocycles. The zero-order valence-corrected chi connectivity index (χ0v) is 20.6. The van der Waals surface area contributed by atoms with Crippen LogP contribution in [0.4, 0.5) is 5.82 Å². The van der Waals surface area contributed by atoms with E-state index < -0.39 is 0 Å². The lowest BCUT2D eigenvalue weighted by Gasteiger charge is -2.35. The van der Waals surface area contributed by atoms with Gasteiger partial charge in [-0.2, -0.15) is 0 Å². The third kappa shape index (κ3) is 6.79. The number of fused-ring (bicyclic) bond motifs is 1. The summed E-state index contributed by atoms with van der Waals surface area (Å²) in [5.41, 5.74) is 1.59. The fourth-order valence-corrected chi connectivity index (χ4v) is 4.22. The Bertz CT molecular complexity index is 1140. The summed E-state index contributed by atoms with van der Waals surface area (Å²) in [7, 11) is 0. The summed E-state index contributed by atoms with van der Waals surface area (Å²) in [6, 6.07) is 18.1. The van der Waals surface area contributed by atoms with Crippen molar-refractivity contribution >= 4 is 28.4 Å². The summed E-state index contributed by atoms with van der Waals surface area (Å²) in [6.07, 6.45) is 3.01. The molecule has 2 amide bonds. The fraction of sp³-hybridized carbons (Fsp3) is 0.393. The lowest BCUT2D eigenvalue weighted by Crippen LogP contribution is -2.49. The minimum Gasteiger partial charge on any atom is -0.379 e. The lowest BCUT2D eigenvalue weighted by molar-refractivity contribution is -0.130. The van der Waals surface area contributed by atoms with Crippen molar-refractivity contribution in [2.24, 2.45) is 0 Å². The highest BCUT2D eigenvalue weighted by atomic mass is 16.5. The van der Waals surface area contributed by atoms with E-state index in [1.807, 2.05) is 43.0 Å². The SMILES string of the molecule is CC(C)OCCCNC(=O)c1ccc(N2CCN(C(=O)Cc3ccc4ccccc4c3)CC2)nc1. The van der Waals surface area contributed by atoms with Crippen LogP contribution < -0.4 is 10.2 Å². The number of hydrogen-bond donors (Lipinski definition) is 1. The topological polar surface area (TPSA) is 74.8 Å². The van der Waals surface area contributed by atoms with Crippen LogP contribution in [-0.4, -0.2) is 67.1 Å². The number of anilines is 1. The van der Waals surface area contributed by atoms with Crippen LogP contribution in [0.5, 0.6) is 0 Å². The van der Waals surface area contributed by atoms with Crippen LogP contribution in [-0.2, 0) is 16.0 Å². The molecule has 1 fully saturated rings. The maximum absolute atomic E-state index is 12.9. The van der Waals surface area contributed by atoms with Gasteiger partial charge in [-0.1, -0.05) is 42.5 Å². The molecule has 0 bridgehead atoms. The predicted molar refractivity (Wildman–Crippen MR) is 139 cm³/mol. The number of amides is 2. The first-order chi connectivity index (χ1) is 17.0. The van der Waals surface area contributed by atoms with Crippen LogP contribution in [0.1, 0.15) is 36.2 Å². The van der Waals surface area contributed by atoms with Crippen LogP contribution in [0.15, 0.2) is 60.8 Å². The van der Waals surface area contributed by atoms with E-state index in [0.29, 0.717) is 38.2 Å². The maximum Gasteiger partial charge on any atom is 0.252 e. The van der Waals surface area contributed by atoms with Crippen molar-refractivity contribution in [3.05, 3.63) is 71.9 Å². The Kier molecular flexibility index (Phi) is 8.32. The summed E-state index contributed by atoms with van der Waals surface area (Å²) in [6.45, 7) is 7.96. The monoisotopic (exact) mass is 474 g/mol. The zero-order chi connectivity index (χ0) is 24.6. The maximum atomic E-state index is 12.9. The van der Waals surface area contributed by atoms with Crippen molar-refractivity contribution < 1.29 is 14.3 Å². The average molecular weight is 475 g/mol. The van der Waals surface area contributed by atoms with Gasteiger partial charge in [-0.3, -0.25) is 9.59 Å². The van der Waals surface area contributed by atoms with Crippen molar-refractivity contribution in [1.82, 2.24) is 15.2 Å². The molecule has 0 atom stereocenters. The molecule has 0 unspecified atom stereocenters. The summed E-state index contributed by atoms with van der Waals surface area (Å²) in [5, 5.41) is 5.25. The molecular formula is C28H34N4O3. The van der Waals surface area contributed by atoms with E-state index >= 15 is 0 Å². The molecule has 0 aliphatic carbocycles. The van der Waals surface area contributed by atoms with Crippen molar-refractivity contribution in [1.29, 1.82) is 0 Å². The molecule has 4 rings (SSSR count). The molecule has 7 nitrogen and oxygen atoms in total. The van der Waals surface area contributed by atoms with Crippen molar-refractivity contribution in [3.8, 4) is 0 Å². The van der Waals surface area contributed by atoms with Crippen molar-refractivity contribution in [2.75, 3.05) is 44.2 Å². The standard InChI is InChI=1S/C28H34N4O3/c1-21(2)35-17-5-12-29-28(34)25-10-11-26(30-20-25)31-13-15-32(16-14-31)27(33)19-22-8-9-23-6-3-4-7-24(23)18-22/h3-4,6-11,18,20-21H,5,12-17,19H2,1-2H3,(H,29,34). The molecule has 35 heavy (non-hydrogen) atoms. The molecule has 2 aromatic carbocycles. The van der Waals surface area contributed by atoms with Gasteiger partial charge in [-0.05, 0) is 48.7 Å². The number of carbonyl (C=O) groups is 2. The molecule has 1 N–H and O–H groups in total. The first-order valence-corrected chi connectivity index (χ1v) is 12.4. The number of ether oxygens (including phenoxy) is 1. The number of nitrogens with one attached hydrogen (secondary N) is 1. The molecule has 7 heteroatoms. The molecule has 0 radical (unpaired) electrons. The molecule has 1 aliphatic rings. The fourth-order valence-electron chi connectivity index (χ4n) is 4.22. The number of pyridine rings is 1.